The first-order valence-electron chi connectivity index (χ1n) is 5.72. The molecule has 102 valence electrons. The zero-order valence-corrected chi connectivity index (χ0v) is 10.9. The molecule has 1 aliphatic heterocycles. The van der Waals surface area contributed by atoms with Crippen LogP contribution in [-0.4, -0.2) is 11.0 Å². The zero-order valence-electron chi connectivity index (χ0n) is 10.1. The average molecular weight is 287 g/mol. The maximum atomic E-state index is 12.7. The molecule has 0 aliphatic carbocycles. The highest BCUT2D eigenvalue weighted by molar-refractivity contribution is 8.05. The first-order chi connectivity index (χ1) is 8.84. The smallest absolute Gasteiger partial charge is 0.393 e. The Morgan fingerprint density at radius 3 is 2.58 bits per heavy atom. The van der Waals surface area contributed by atoms with Gasteiger partial charge >= 0.3 is 6.18 Å². The normalized spacial score (nSPS) is 20.2. The molecule has 0 fully saturated rings. The molecule has 2 N–H and O–H groups in total. The van der Waals surface area contributed by atoms with Gasteiger partial charge in [0.05, 0.1) is 21.4 Å². The zero-order chi connectivity index (χ0) is 14.2. The molecule has 0 spiro atoms. The topological polar surface area (TPSA) is 43.1 Å². The summed E-state index contributed by atoms with van der Waals surface area (Å²) >= 11 is 1.22. The van der Waals surface area contributed by atoms with E-state index in [4.69, 9.17) is 5.73 Å². The van der Waals surface area contributed by atoms with Crippen molar-refractivity contribution in [1.82, 2.24) is 0 Å². The fourth-order valence-electron chi connectivity index (χ4n) is 1.95. The molecule has 1 aliphatic rings. The number of rotatable bonds is 2. The van der Waals surface area contributed by atoms with Crippen LogP contribution in [0.15, 0.2) is 29.3 Å². The molecule has 0 bridgehead atoms. The fourth-order valence-corrected chi connectivity index (χ4v) is 2.99. The summed E-state index contributed by atoms with van der Waals surface area (Å²) in [7, 11) is 0. The van der Waals surface area contributed by atoms with Crippen molar-refractivity contribution in [1.29, 1.82) is 0 Å². The Labute approximate surface area is 112 Å². The number of carbonyl (C=O) groups is 1. The molecule has 0 radical (unpaired) electrons. The van der Waals surface area contributed by atoms with Crippen LogP contribution in [0.1, 0.15) is 24.5 Å². The lowest BCUT2D eigenvalue weighted by Gasteiger charge is -2.09. The first-order valence-corrected chi connectivity index (χ1v) is 6.60. The SMILES string of the molecule is CCC1SC(N)=C(c2cccc(C(F)(F)F)c2)C1=O. The van der Waals surface area contributed by atoms with Crippen LogP contribution in [0.25, 0.3) is 5.57 Å². The van der Waals surface area contributed by atoms with Crippen molar-refractivity contribution in [2.45, 2.75) is 24.8 Å². The Balaban J connectivity index is 2.43. The van der Waals surface area contributed by atoms with Crippen molar-refractivity contribution in [3.63, 3.8) is 0 Å². The van der Waals surface area contributed by atoms with E-state index in [1.165, 1.54) is 23.9 Å². The molecule has 6 heteroatoms. The Kier molecular flexibility index (Phi) is 3.62. The summed E-state index contributed by atoms with van der Waals surface area (Å²) in [4.78, 5) is 12.1. The minimum Gasteiger partial charge on any atom is -0.393 e. The molecule has 1 aromatic rings. The van der Waals surface area contributed by atoms with Gasteiger partial charge in [-0.15, -0.1) is 0 Å². The van der Waals surface area contributed by atoms with E-state index in [1.54, 1.807) is 0 Å². The van der Waals surface area contributed by atoms with E-state index in [9.17, 15) is 18.0 Å². The molecular weight excluding hydrogens is 275 g/mol. The number of nitrogens with two attached hydrogens (primary N) is 1. The van der Waals surface area contributed by atoms with Gasteiger partial charge in [0, 0.05) is 0 Å². The van der Waals surface area contributed by atoms with E-state index in [-0.39, 0.29) is 22.2 Å². The molecule has 1 heterocycles. The van der Waals surface area contributed by atoms with E-state index in [1.807, 2.05) is 6.92 Å². The Hall–Kier alpha value is -1.43. The quantitative estimate of drug-likeness (QED) is 0.906. The predicted octanol–water partition coefficient (Wildman–Crippen LogP) is 3.43. The largest absolute Gasteiger partial charge is 0.416 e. The van der Waals surface area contributed by atoms with Crippen LogP contribution in [0.2, 0.25) is 0 Å². The first kappa shape index (κ1) is 14.0. The number of hydrogen-bond donors (Lipinski definition) is 1. The number of Topliss-reactive ketones (excluding diaryl/α,β-unsaturated/α-hetero) is 1. The van der Waals surface area contributed by atoms with Gasteiger partial charge in [-0.05, 0) is 24.1 Å². The highest BCUT2D eigenvalue weighted by atomic mass is 32.2. The summed E-state index contributed by atoms with van der Waals surface area (Å²) in [5.74, 6) is -0.190. The molecule has 1 unspecified atom stereocenters. The fraction of sp³-hybridized carbons (Fsp3) is 0.308. The summed E-state index contributed by atoms with van der Waals surface area (Å²) < 4.78 is 38.0. The molecule has 19 heavy (non-hydrogen) atoms. The molecule has 1 aromatic carbocycles. The van der Waals surface area contributed by atoms with E-state index in [0.717, 1.165) is 12.1 Å². The van der Waals surface area contributed by atoms with E-state index >= 15 is 0 Å². The molecule has 0 saturated heterocycles. The summed E-state index contributed by atoms with van der Waals surface area (Å²) in [5, 5.41) is 0.0146. The lowest BCUT2D eigenvalue weighted by atomic mass is 9.98. The number of halogens is 3. The van der Waals surface area contributed by atoms with Crippen molar-refractivity contribution in [3.05, 3.63) is 40.4 Å². The summed E-state index contributed by atoms with van der Waals surface area (Å²) in [6, 6.07) is 4.71. The van der Waals surface area contributed by atoms with E-state index in [0.29, 0.717) is 11.4 Å². The second kappa shape index (κ2) is 4.92. The van der Waals surface area contributed by atoms with Gasteiger partial charge < -0.3 is 5.73 Å². The van der Waals surface area contributed by atoms with Crippen molar-refractivity contribution in [3.8, 4) is 0 Å². The second-order valence-corrected chi connectivity index (χ2v) is 5.44. The van der Waals surface area contributed by atoms with Gasteiger partial charge in [-0.25, -0.2) is 0 Å². The number of carbonyl (C=O) groups excluding carboxylic acids is 1. The third-order valence-electron chi connectivity index (χ3n) is 2.90. The maximum Gasteiger partial charge on any atom is 0.416 e. The van der Waals surface area contributed by atoms with Crippen LogP contribution in [0.3, 0.4) is 0 Å². The van der Waals surface area contributed by atoms with Gasteiger partial charge in [0.1, 0.15) is 0 Å². The molecule has 1 atom stereocenters. The minimum absolute atomic E-state index is 0.190. The summed E-state index contributed by atoms with van der Waals surface area (Å²) in [6.07, 6.45) is -3.82. The molecule has 0 saturated carbocycles. The third kappa shape index (κ3) is 2.63. The monoisotopic (exact) mass is 287 g/mol. The van der Waals surface area contributed by atoms with Gasteiger partial charge in [0.25, 0.3) is 0 Å². The minimum atomic E-state index is -4.43. The number of ketones is 1. The van der Waals surface area contributed by atoms with Crippen LogP contribution >= 0.6 is 11.8 Å². The Morgan fingerprint density at radius 1 is 1.37 bits per heavy atom. The number of allylic oxidation sites excluding steroid dienone is 1. The van der Waals surface area contributed by atoms with Crippen molar-refractivity contribution in [2.75, 3.05) is 0 Å². The molecule has 2 nitrogen and oxygen atoms in total. The van der Waals surface area contributed by atoms with Gasteiger partial charge in [0.2, 0.25) is 0 Å². The lowest BCUT2D eigenvalue weighted by Crippen LogP contribution is -2.13. The van der Waals surface area contributed by atoms with Gasteiger partial charge in [-0.3, -0.25) is 4.79 Å². The molecule has 0 amide bonds. The van der Waals surface area contributed by atoms with Gasteiger partial charge in [0.15, 0.2) is 5.78 Å². The highest BCUT2D eigenvalue weighted by Gasteiger charge is 2.35. The van der Waals surface area contributed by atoms with Crippen LogP contribution in [0.5, 0.6) is 0 Å². The van der Waals surface area contributed by atoms with E-state index < -0.39 is 11.7 Å². The second-order valence-electron chi connectivity index (χ2n) is 4.20. The number of hydrogen-bond acceptors (Lipinski definition) is 3. The van der Waals surface area contributed by atoms with Gasteiger partial charge in [-0.2, -0.15) is 13.2 Å². The van der Waals surface area contributed by atoms with Crippen molar-refractivity contribution >= 4 is 23.1 Å². The summed E-state index contributed by atoms with van der Waals surface area (Å²) in [6.45, 7) is 1.85. The summed E-state index contributed by atoms with van der Waals surface area (Å²) in [5.41, 5.74) is 5.44. The van der Waals surface area contributed by atoms with E-state index in [2.05, 4.69) is 0 Å². The van der Waals surface area contributed by atoms with Gasteiger partial charge in [-0.1, -0.05) is 30.8 Å². The van der Waals surface area contributed by atoms with Crippen molar-refractivity contribution < 1.29 is 18.0 Å². The molecule has 2 rings (SSSR count). The van der Waals surface area contributed by atoms with Crippen LogP contribution in [0, 0.1) is 0 Å². The number of benzene rings is 1. The Morgan fingerprint density at radius 2 is 2.05 bits per heavy atom. The maximum absolute atomic E-state index is 12.7. The average Bonchev–Trinajstić information content (AvgIpc) is 2.63. The molecule has 0 aromatic heterocycles. The van der Waals surface area contributed by atoms with Crippen LogP contribution < -0.4 is 5.73 Å². The van der Waals surface area contributed by atoms with Crippen molar-refractivity contribution in [2.24, 2.45) is 5.73 Å². The predicted molar refractivity (Wildman–Crippen MR) is 69.2 cm³/mol. The molecular formula is C13H12F3NOS. The number of alkyl halides is 3. The van der Waals surface area contributed by atoms with Crippen LogP contribution in [-0.2, 0) is 11.0 Å². The standard InChI is InChI=1S/C13H12F3NOS/c1-2-9-11(18)10(12(17)19-9)7-4-3-5-8(6-7)13(14,15)16/h3-6,9H,2,17H2,1H3. The lowest BCUT2D eigenvalue weighted by molar-refractivity contribution is -0.137. The highest BCUT2D eigenvalue weighted by Crippen LogP contribution is 2.40. The Bertz CT molecular complexity index is 551. The van der Waals surface area contributed by atoms with Crippen LogP contribution in [0.4, 0.5) is 13.2 Å². The number of thioether (sulfide) groups is 1. The third-order valence-corrected chi connectivity index (χ3v) is 4.19.